The normalized spacial score (nSPS) is 10.4. The molecule has 0 unspecified atom stereocenters. The quantitative estimate of drug-likeness (QED) is 0.682. The van der Waals surface area contributed by atoms with Crippen LogP contribution in [0.15, 0.2) is 24.3 Å². The van der Waals surface area contributed by atoms with Crippen LogP contribution in [0, 0.1) is 0 Å². The van der Waals surface area contributed by atoms with E-state index in [2.05, 4.69) is 29.3 Å². The fraction of sp³-hybridized carbons (Fsp3) is 0.600. The Bertz CT molecular complexity index is 326. The fourth-order valence-corrected chi connectivity index (χ4v) is 1.75. The molecule has 0 saturated heterocycles. The molecule has 1 rings (SSSR count). The summed E-state index contributed by atoms with van der Waals surface area (Å²) in [7, 11) is 4.08. The molecule has 0 fully saturated rings. The Labute approximate surface area is 111 Å². The zero-order valence-electron chi connectivity index (χ0n) is 11.9. The molecule has 0 atom stereocenters. The number of anilines is 1. The maximum Gasteiger partial charge on any atom is 0.121 e. The summed E-state index contributed by atoms with van der Waals surface area (Å²) in [5.41, 5.74) is 1.18. The van der Waals surface area contributed by atoms with Crippen molar-refractivity contribution in [2.75, 3.05) is 38.7 Å². The van der Waals surface area contributed by atoms with Crippen molar-refractivity contribution in [2.45, 2.75) is 26.2 Å². The van der Waals surface area contributed by atoms with Crippen molar-refractivity contribution in [1.82, 2.24) is 5.32 Å². The molecule has 102 valence electrons. The van der Waals surface area contributed by atoms with Crippen molar-refractivity contribution in [3.05, 3.63) is 24.3 Å². The molecule has 0 aromatic heterocycles. The van der Waals surface area contributed by atoms with E-state index in [0.29, 0.717) is 0 Å². The van der Waals surface area contributed by atoms with Crippen molar-refractivity contribution in [2.24, 2.45) is 0 Å². The van der Waals surface area contributed by atoms with E-state index in [-0.39, 0.29) is 0 Å². The lowest BCUT2D eigenvalue weighted by molar-refractivity contribution is 0.305. The average Bonchev–Trinajstić information content (AvgIpc) is 2.38. The average molecular weight is 250 g/mol. The van der Waals surface area contributed by atoms with Gasteiger partial charge in [-0.3, -0.25) is 0 Å². The molecular weight excluding hydrogens is 224 g/mol. The third kappa shape index (κ3) is 5.92. The van der Waals surface area contributed by atoms with Gasteiger partial charge in [0.1, 0.15) is 5.75 Å². The van der Waals surface area contributed by atoms with Crippen LogP contribution in [0.3, 0.4) is 0 Å². The summed E-state index contributed by atoms with van der Waals surface area (Å²) in [6.45, 7) is 5.13. The summed E-state index contributed by atoms with van der Waals surface area (Å²) in [5, 5.41) is 3.33. The summed E-state index contributed by atoms with van der Waals surface area (Å²) in [6, 6.07) is 8.23. The third-order valence-corrected chi connectivity index (χ3v) is 2.85. The predicted octanol–water partition coefficient (Wildman–Crippen LogP) is 2.91. The number of hydrogen-bond acceptors (Lipinski definition) is 3. The number of unbranched alkanes of at least 4 members (excludes halogenated alkanes) is 2. The maximum atomic E-state index is 5.76. The molecule has 0 saturated carbocycles. The summed E-state index contributed by atoms with van der Waals surface area (Å²) < 4.78 is 5.76. The summed E-state index contributed by atoms with van der Waals surface area (Å²) >= 11 is 0. The van der Waals surface area contributed by atoms with Crippen molar-refractivity contribution >= 4 is 5.69 Å². The molecule has 0 bridgehead atoms. The van der Waals surface area contributed by atoms with Crippen LogP contribution < -0.4 is 15.0 Å². The largest absolute Gasteiger partial charge is 0.494 e. The molecule has 0 amide bonds. The first-order valence-electron chi connectivity index (χ1n) is 6.85. The van der Waals surface area contributed by atoms with Gasteiger partial charge >= 0.3 is 0 Å². The molecule has 0 aliphatic heterocycles. The number of nitrogens with zero attached hydrogens (tertiary/aromatic N) is 1. The number of hydrogen-bond donors (Lipinski definition) is 1. The monoisotopic (exact) mass is 250 g/mol. The van der Waals surface area contributed by atoms with E-state index in [4.69, 9.17) is 4.74 Å². The van der Waals surface area contributed by atoms with E-state index in [0.717, 1.165) is 31.9 Å². The van der Waals surface area contributed by atoms with Crippen LogP contribution in [0.4, 0.5) is 5.69 Å². The van der Waals surface area contributed by atoms with E-state index in [1.54, 1.807) is 0 Å². The summed E-state index contributed by atoms with van der Waals surface area (Å²) in [6.07, 6.45) is 3.58. The van der Waals surface area contributed by atoms with E-state index in [1.165, 1.54) is 18.5 Å². The van der Waals surface area contributed by atoms with Crippen LogP contribution in [-0.4, -0.2) is 33.8 Å². The van der Waals surface area contributed by atoms with Gasteiger partial charge in [-0.05, 0) is 44.5 Å². The second kappa shape index (κ2) is 8.81. The Morgan fingerprint density at radius 3 is 2.72 bits per heavy atom. The molecule has 18 heavy (non-hydrogen) atoms. The van der Waals surface area contributed by atoms with E-state index < -0.39 is 0 Å². The van der Waals surface area contributed by atoms with Crippen molar-refractivity contribution in [3.63, 3.8) is 0 Å². The van der Waals surface area contributed by atoms with E-state index in [1.807, 2.05) is 26.2 Å². The minimum absolute atomic E-state index is 0.809. The van der Waals surface area contributed by atoms with Crippen LogP contribution in [-0.2, 0) is 0 Å². The van der Waals surface area contributed by atoms with Gasteiger partial charge in [0.05, 0.1) is 6.61 Å². The topological polar surface area (TPSA) is 24.5 Å². The van der Waals surface area contributed by atoms with Crippen LogP contribution in [0.25, 0.3) is 0 Å². The smallest absolute Gasteiger partial charge is 0.121 e. The van der Waals surface area contributed by atoms with Gasteiger partial charge < -0.3 is 15.0 Å². The highest BCUT2D eigenvalue weighted by atomic mass is 16.5. The zero-order valence-corrected chi connectivity index (χ0v) is 11.9. The van der Waals surface area contributed by atoms with Crippen LogP contribution in [0.2, 0.25) is 0 Å². The maximum absolute atomic E-state index is 5.76. The fourth-order valence-electron chi connectivity index (χ4n) is 1.75. The lowest BCUT2D eigenvalue weighted by atomic mass is 10.2. The van der Waals surface area contributed by atoms with Crippen LogP contribution in [0.5, 0.6) is 5.75 Å². The molecule has 0 spiro atoms. The molecule has 1 N–H and O–H groups in total. The predicted molar refractivity (Wildman–Crippen MR) is 78.7 cm³/mol. The highest BCUT2D eigenvalue weighted by Crippen LogP contribution is 2.19. The Kier molecular flexibility index (Phi) is 7.26. The lowest BCUT2D eigenvalue weighted by Crippen LogP contribution is -2.14. The van der Waals surface area contributed by atoms with E-state index >= 15 is 0 Å². The first kappa shape index (κ1) is 14.8. The van der Waals surface area contributed by atoms with Gasteiger partial charge in [0, 0.05) is 25.8 Å². The molecule has 1 aromatic carbocycles. The van der Waals surface area contributed by atoms with Gasteiger partial charge in [0.25, 0.3) is 0 Å². The van der Waals surface area contributed by atoms with E-state index in [9.17, 15) is 0 Å². The van der Waals surface area contributed by atoms with Gasteiger partial charge in [0.2, 0.25) is 0 Å². The van der Waals surface area contributed by atoms with Crippen molar-refractivity contribution in [1.29, 1.82) is 0 Å². The Morgan fingerprint density at radius 2 is 2.00 bits per heavy atom. The Hall–Kier alpha value is -1.22. The van der Waals surface area contributed by atoms with Gasteiger partial charge in [0.15, 0.2) is 0 Å². The SMILES string of the molecule is CCNCCCCCOc1cccc(N(C)C)c1. The van der Waals surface area contributed by atoms with Crippen LogP contribution >= 0.6 is 0 Å². The molecule has 1 aromatic rings. The lowest BCUT2D eigenvalue weighted by Gasteiger charge is -2.14. The second-order valence-electron chi connectivity index (χ2n) is 4.65. The number of nitrogens with one attached hydrogen (secondary N) is 1. The first-order valence-corrected chi connectivity index (χ1v) is 6.85. The first-order chi connectivity index (χ1) is 8.74. The highest BCUT2D eigenvalue weighted by Gasteiger charge is 1.98. The van der Waals surface area contributed by atoms with Crippen molar-refractivity contribution in [3.8, 4) is 5.75 Å². The third-order valence-electron chi connectivity index (χ3n) is 2.85. The molecule has 3 nitrogen and oxygen atoms in total. The van der Waals surface area contributed by atoms with Crippen molar-refractivity contribution < 1.29 is 4.74 Å². The minimum atomic E-state index is 0.809. The van der Waals surface area contributed by atoms with Gasteiger partial charge in [-0.1, -0.05) is 13.0 Å². The second-order valence-corrected chi connectivity index (χ2v) is 4.65. The summed E-state index contributed by atoms with van der Waals surface area (Å²) in [4.78, 5) is 2.09. The molecule has 0 heterocycles. The number of rotatable bonds is 9. The van der Waals surface area contributed by atoms with Gasteiger partial charge in [-0.15, -0.1) is 0 Å². The van der Waals surface area contributed by atoms with Gasteiger partial charge in [-0.25, -0.2) is 0 Å². The summed E-state index contributed by atoms with van der Waals surface area (Å²) in [5.74, 6) is 0.966. The Morgan fingerprint density at radius 1 is 1.17 bits per heavy atom. The molecule has 3 heteroatoms. The Balaban J connectivity index is 2.17. The zero-order chi connectivity index (χ0) is 13.2. The number of benzene rings is 1. The van der Waals surface area contributed by atoms with Crippen LogP contribution in [0.1, 0.15) is 26.2 Å². The highest BCUT2D eigenvalue weighted by molar-refractivity contribution is 5.49. The molecule has 0 aliphatic carbocycles. The molecular formula is C15H26N2O. The molecule has 0 radical (unpaired) electrons. The molecule has 0 aliphatic rings. The number of ether oxygens (including phenoxy) is 1. The van der Waals surface area contributed by atoms with Gasteiger partial charge in [-0.2, -0.15) is 0 Å². The minimum Gasteiger partial charge on any atom is -0.494 e. The standard InChI is InChI=1S/C15H26N2O/c1-4-16-11-6-5-7-12-18-15-10-8-9-14(13-15)17(2)3/h8-10,13,16H,4-7,11-12H2,1-3H3.